The molecular formula is C28H39Cl2SiZr. The monoisotopic (exact) mass is 563 g/mol. The van der Waals surface area contributed by atoms with Gasteiger partial charge in [0.05, 0.1) is 0 Å². The van der Waals surface area contributed by atoms with Crippen LogP contribution >= 0.6 is 0 Å². The third-order valence-corrected chi connectivity index (χ3v) is 27.8. The number of hydrogen-bond acceptors (Lipinski definition) is 0. The molecule has 0 radical (unpaired) electrons. The topological polar surface area (TPSA) is 0 Å². The fourth-order valence-electron chi connectivity index (χ4n) is 5.19. The van der Waals surface area contributed by atoms with Crippen LogP contribution in [0.1, 0.15) is 89.8 Å². The Bertz CT molecular complexity index is 834. The third kappa shape index (κ3) is 6.82. The number of hydrogen-bond donors (Lipinski definition) is 0. The molecule has 2 aliphatic rings. The van der Waals surface area contributed by atoms with Crippen molar-refractivity contribution in [3.63, 3.8) is 0 Å². The minimum atomic E-state index is -1.64. The van der Waals surface area contributed by atoms with Crippen LogP contribution in [0, 0.1) is 0 Å². The summed E-state index contributed by atoms with van der Waals surface area (Å²) in [6.07, 6.45) is 10.5. The molecule has 0 fully saturated rings. The summed E-state index contributed by atoms with van der Waals surface area (Å²) >= 11 is -1.64. The van der Waals surface area contributed by atoms with Gasteiger partial charge in [0.1, 0.15) is 0 Å². The van der Waals surface area contributed by atoms with E-state index in [1.165, 1.54) is 42.9 Å². The van der Waals surface area contributed by atoms with Crippen LogP contribution in [0.2, 0.25) is 6.04 Å². The molecule has 0 bridgehead atoms. The molecule has 0 N–H and O–H groups in total. The molecule has 0 aromatic heterocycles. The molecule has 173 valence electrons. The zero-order valence-electron chi connectivity index (χ0n) is 20.4. The predicted molar refractivity (Wildman–Crippen MR) is 135 cm³/mol. The molecule has 2 aliphatic carbocycles. The van der Waals surface area contributed by atoms with E-state index in [0.717, 1.165) is 7.25 Å². The molecule has 0 nitrogen and oxygen atoms in total. The van der Waals surface area contributed by atoms with Gasteiger partial charge in [-0.1, -0.05) is 39.5 Å². The number of rotatable bonds is 7. The predicted octanol–water partition coefficient (Wildman–Crippen LogP) is 2.04. The summed E-state index contributed by atoms with van der Waals surface area (Å²) in [5.74, 6) is 0. The van der Waals surface area contributed by atoms with Gasteiger partial charge in [0, 0.05) is 0 Å². The van der Waals surface area contributed by atoms with Gasteiger partial charge in [-0.2, -0.15) is 0 Å². The molecule has 0 saturated carbocycles. The molecule has 2 atom stereocenters. The number of fused-ring (bicyclic) bond motifs is 2. The Morgan fingerprint density at radius 1 is 0.688 bits per heavy atom. The van der Waals surface area contributed by atoms with Gasteiger partial charge in [0.15, 0.2) is 0 Å². The van der Waals surface area contributed by atoms with Crippen molar-refractivity contribution in [2.45, 2.75) is 73.6 Å². The van der Waals surface area contributed by atoms with Crippen LogP contribution in [0.3, 0.4) is 0 Å². The van der Waals surface area contributed by atoms with Gasteiger partial charge >= 0.3 is 156 Å². The van der Waals surface area contributed by atoms with E-state index in [1.807, 2.05) is 0 Å². The van der Waals surface area contributed by atoms with E-state index >= 15 is 0 Å². The molecule has 4 heteroatoms. The van der Waals surface area contributed by atoms with Crippen LogP contribution in [0.5, 0.6) is 0 Å². The fraction of sp³-hybridized carbons (Fsp3) is 0.429. The van der Waals surface area contributed by atoms with Crippen molar-refractivity contribution in [2.24, 2.45) is 0 Å². The Morgan fingerprint density at radius 3 is 1.47 bits per heavy atom. The number of halogens is 2. The maximum absolute atomic E-state index is 2.48. The number of unbranched alkanes of at least 4 members (excludes halogenated alkanes) is 3. The summed E-state index contributed by atoms with van der Waals surface area (Å²) in [6.45, 7) is 11.7. The van der Waals surface area contributed by atoms with E-state index in [1.54, 1.807) is 22.3 Å². The van der Waals surface area contributed by atoms with Crippen molar-refractivity contribution in [1.29, 1.82) is 0 Å². The summed E-state index contributed by atoms with van der Waals surface area (Å²) in [5.41, 5.74) is 9.62. The first kappa shape index (κ1) is 29.6. The van der Waals surface area contributed by atoms with Crippen molar-refractivity contribution < 1.29 is 45.7 Å². The second kappa shape index (κ2) is 14.8. The molecule has 2 aromatic rings. The molecule has 0 amide bonds. The van der Waals surface area contributed by atoms with E-state index < -0.39 is 20.9 Å². The smallest absolute Gasteiger partial charge is 1.00 e. The van der Waals surface area contributed by atoms with Crippen molar-refractivity contribution in [3.8, 4) is 0 Å². The van der Waals surface area contributed by atoms with Crippen molar-refractivity contribution >= 4 is 18.8 Å². The Labute approximate surface area is 218 Å². The summed E-state index contributed by atoms with van der Waals surface area (Å²) in [4.78, 5) is 0. The van der Waals surface area contributed by atoms with Crippen molar-refractivity contribution in [3.05, 3.63) is 81.9 Å². The first-order valence-electron chi connectivity index (χ1n) is 12.0. The number of benzene rings is 2. The molecule has 4 rings (SSSR count). The van der Waals surface area contributed by atoms with Gasteiger partial charge in [0.2, 0.25) is 0 Å². The van der Waals surface area contributed by atoms with Crippen LogP contribution in [-0.4, -0.2) is 6.65 Å². The Hall–Kier alpha value is -0.400. The zero-order chi connectivity index (χ0) is 21.5. The largest absolute Gasteiger partial charge is 1.00 e. The van der Waals surface area contributed by atoms with Gasteiger partial charge in [0.25, 0.3) is 0 Å². The first-order valence-corrected chi connectivity index (χ1v) is 21.8. The van der Waals surface area contributed by atoms with E-state index in [-0.39, 0.29) is 31.5 Å². The van der Waals surface area contributed by atoms with Crippen molar-refractivity contribution in [1.82, 2.24) is 0 Å². The second-order valence-corrected chi connectivity index (χ2v) is 24.6. The third-order valence-electron chi connectivity index (χ3n) is 6.53. The van der Waals surface area contributed by atoms with Gasteiger partial charge in [-0.25, -0.2) is 0 Å². The summed E-state index contributed by atoms with van der Waals surface area (Å²) < 4.78 is 1.63. The molecule has 0 aliphatic heterocycles. The van der Waals surface area contributed by atoms with E-state index in [2.05, 4.69) is 95.3 Å². The Balaban J connectivity index is 0.000000571. The SMILES string of the molecule is CCCCCC.CC[SiH2][Zr+2]([CH]1C(C)=Cc2ccccc21)[CH]1C(C)=Cc2ccccc21.[Cl-].[Cl-]. The molecule has 0 heterocycles. The number of allylic oxidation sites excluding steroid dienone is 2. The van der Waals surface area contributed by atoms with Gasteiger partial charge in [-0.05, 0) is 0 Å². The zero-order valence-corrected chi connectivity index (χ0v) is 25.8. The fourth-order valence-corrected chi connectivity index (χ4v) is 28.6. The molecule has 32 heavy (non-hydrogen) atoms. The average molecular weight is 566 g/mol. The Kier molecular flexibility index (Phi) is 13.7. The standard InChI is InChI=1S/2C10H9.C6H14.C2H7Si.2ClH.Zr/c2*1-8-6-9-4-2-3-5-10(9)7-8;1-3-5-6-4-2;1-2-3;;;/h2*2-7H,1H3;3-6H2,1-2H3;2-3H2,1H3;2*1H;/q;;;;;;+2/p-2. The van der Waals surface area contributed by atoms with E-state index in [0.29, 0.717) is 0 Å². The van der Waals surface area contributed by atoms with Gasteiger partial charge < -0.3 is 24.8 Å². The normalized spacial score (nSPS) is 17.9. The van der Waals surface area contributed by atoms with Crippen LogP contribution < -0.4 is 24.8 Å². The first-order chi connectivity index (χ1) is 14.6. The van der Waals surface area contributed by atoms with Crippen LogP contribution in [0.15, 0.2) is 59.7 Å². The van der Waals surface area contributed by atoms with Gasteiger partial charge in [-0.15, -0.1) is 0 Å². The summed E-state index contributed by atoms with van der Waals surface area (Å²) in [6, 6.07) is 19.8. The quantitative estimate of drug-likeness (QED) is 0.356. The Morgan fingerprint density at radius 2 is 1.09 bits per heavy atom. The molecule has 2 unspecified atom stereocenters. The summed E-state index contributed by atoms with van der Waals surface area (Å²) in [5, 5.41) is 0. The molecule has 0 saturated heterocycles. The average Bonchev–Trinajstić information content (AvgIpc) is 3.26. The second-order valence-electron chi connectivity index (χ2n) is 8.93. The van der Waals surface area contributed by atoms with Crippen LogP contribution in [0.4, 0.5) is 0 Å². The summed E-state index contributed by atoms with van der Waals surface area (Å²) in [7, 11) is 0. The molecule has 2 aromatic carbocycles. The van der Waals surface area contributed by atoms with Crippen LogP contribution in [0.25, 0.3) is 12.2 Å². The van der Waals surface area contributed by atoms with E-state index in [4.69, 9.17) is 0 Å². The minimum Gasteiger partial charge on any atom is -1.00 e. The maximum Gasteiger partial charge on any atom is -1.00 e. The maximum atomic E-state index is 2.48. The minimum absolute atomic E-state index is 0. The molecule has 0 spiro atoms. The molecular weight excluding hydrogens is 527 g/mol. The van der Waals surface area contributed by atoms with Crippen molar-refractivity contribution in [2.75, 3.05) is 0 Å². The van der Waals surface area contributed by atoms with Gasteiger partial charge in [-0.3, -0.25) is 0 Å². The van der Waals surface area contributed by atoms with E-state index in [9.17, 15) is 0 Å². The van der Waals surface area contributed by atoms with Crippen LogP contribution in [-0.2, 0) is 20.9 Å².